The van der Waals surface area contributed by atoms with E-state index in [1.165, 1.54) is 17.7 Å². The third kappa shape index (κ3) is 10.1. The maximum atomic E-state index is 13.7. The SMILES string of the molecule is CCc1cccc(CNC[C@@H](OC(=O)CNC(=O)Cc2ccc(OC)cc2)[C@@H](N)Cc2cc(F)cc(F)c2)c1. The minimum atomic E-state index is -0.809. The third-order valence-electron chi connectivity index (χ3n) is 6.18. The summed E-state index contributed by atoms with van der Waals surface area (Å²) in [7, 11) is 1.56. The summed E-state index contributed by atoms with van der Waals surface area (Å²) in [6.45, 7) is 2.46. The Balaban J connectivity index is 1.58. The second-order valence-electron chi connectivity index (χ2n) is 9.28. The molecule has 3 aromatic carbocycles. The number of carbonyl (C=O) groups excluding carboxylic acids is 2. The predicted molar refractivity (Wildman–Crippen MR) is 145 cm³/mol. The van der Waals surface area contributed by atoms with Crippen molar-refractivity contribution in [2.45, 2.75) is 44.9 Å². The molecule has 0 unspecified atom stereocenters. The zero-order valence-corrected chi connectivity index (χ0v) is 22.2. The van der Waals surface area contributed by atoms with Gasteiger partial charge in [-0.05, 0) is 59.4 Å². The van der Waals surface area contributed by atoms with Crippen LogP contribution in [0.25, 0.3) is 0 Å². The number of ether oxygens (including phenoxy) is 2. The molecule has 39 heavy (non-hydrogen) atoms. The van der Waals surface area contributed by atoms with Gasteiger partial charge in [0.1, 0.15) is 30.0 Å². The minimum absolute atomic E-state index is 0.0868. The topological polar surface area (TPSA) is 103 Å². The molecule has 0 heterocycles. The van der Waals surface area contributed by atoms with Gasteiger partial charge in [0.25, 0.3) is 0 Å². The van der Waals surface area contributed by atoms with Crippen LogP contribution < -0.4 is 21.1 Å². The van der Waals surface area contributed by atoms with Crippen LogP contribution in [0.2, 0.25) is 0 Å². The van der Waals surface area contributed by atoms with E-state index >= 15 is 0 Å². The van der Waals surface area contributed by atoms with E-state index in [1.807, 2.05) is 18.2 Å². The Hall–Kier alpha value is -3.82. The lowest BCUT2D eigenvalue weighted by molar-refractivity contribution is -0.149. The number of esters is 1. The van der Waals surface area contributed by atoms with Crippen molar-refractivity contribution >= 4 is 11.9 Å². The molecule has 208 valence electrons. The number of methoxy groups -OCH3 is 1. The molecule has 3 aromatic rings. The number of rotatable bonds is 14. The van der Waals surface area contributed by atoms with Gasteiger partial charge in [-0.1, -0.05) is 43.3 Å². The number of nitrogens with two attached hydrogens (primary N) is 1. The number of carbonyl (C=O) groups is 2. The van der Waals surface area contributed by atoms with Crippen molar-refractivity contribution in [1.29, 1.82) is 0 Å². The number of nitrogens with one attached hydrogen (secondary N) is 2. The second-order valence-corrected chi connectivity index (χ2v) is 9.28. The summed E-state index contributed by atoms with van der Waals surface area (Å²) >= 11 is 0. The van der Waals surface area contributed by atoms with Crippen LogP contribution in [0, 0.1) is 11.6 Å². The van der Waals surface area contributed by atoms with Gasteiger partial charge in [0, 0.05) is 25.2 Å². The lowest BCUT2D eigenvalue weighted by atomic mass is 10.0. The molecule has 2 atom stereocenters. The molecule has 0 saturated heterocycles. The largest absolute Gasteiger partial charge is 0.497 e. The number of aryl methyl sites for hydroxylation is 1. The van der Waals surface area contributed by atoms with Crippen molar-refractivity contribution < 1.29 is 27.8 Å². The zero-order valence-electron chi connectivity index (χ0n) is 22.2. The summed E-state index contributed by atoms with van der Waals surface area (Å²) in [5.41, 5.74) is 9.72. The molecule has 4 N–H and O–H groups in total. The molecule has 0 bridgehead atoms. The van der Waals surface area contributed by atoms with Gasteiger partial charge in [0.05, 0.1) is 13.5 Å². The van der Waals surface area contributed by atoms with Gasteiger partial charge in [0.2, 0.25) is 5.91 Å². The lowest BCUT2D eigenvalue weighted by Crippen LogP contribution is -2.47. The summed E-state index contributed by atoms with van der Waals surface area (Å²) < 4.78 is 38.1. The monoisotopic (exact) mass is 539 g/mol. The van der Waals surface area contributed by atoms with Crippen LogP contribution in [0.1, 0.15) is 29.2 Å². The maximum Gasteiger partial charge on any atom is 0.325 e. The van der Waals surface area contributed by atoms with Gasteiger partial charge in [-0.2, -0.15) is 0 Å². The van der Waals surface area contributed by atoms with Crippen LogP contribution in [0.15, 0.2) is 66.7 Å². The van der Waals surface area contributed by atoms with E-state index in [1.54, 1.807) is 31.4 Å². The van der Waals surface area contributed by atoms with Gasteiger partial charge in [-0.3, -0.25) is 9.59 Å². The van der Waals surface area contributed by atoms with Crippen molar-refractivity contribution in [3.05, 3.63) is 101 Å². The van der Waals surface area contributed by atoms with Gasteiger partial charge >= 0.3 is 5.97 Å². The third-order valence-corrected chi connectivity index (χ3v) is 6.18. The fourth-order valence-corrected chi connectivity index (χ4v) is 4.10. The van der Waals surface area contributed by atoms with E-state index in [2.05, 4.69) is 23.6 Å². The number of benzene rings is 3. The Kier molecular flexibility index (Phi) is 11.4. The Morgan fingerprint density at radius 3 is 2.28 bits per heavy atom. The van der Waals surface area contributed by atoms with E-state index in [0.29, 0.717) is 17.9 Å². The van der Waals surface area contributed by atoms with Crippen LogP contribution in [0.3, 0.4) is 0 Å². The van der Waals surface area contributed by atoms with Gasteiger partial charge < -0.3 is 25.8 Å². The molecule has 0 aliphatic heterocycles. The molecule has 3 rings (SSSR count). The molecule has 0 aromatic heterocycles. The standard InChI is InChI=1S/C30H35F2N3O4/c1-3-20-5-4-6-22(11-20)17-34-18-28(27(33)14-23-12-24(31)16-25(32)13-23)39-30(37)19-35-29(36)15-21-7-9-26(38-2)10-8-21/h4-13,16,27-28,34H,3,14-15,17-19,33H2,1-2H3,(H,35,36)/t27-,28+/m0/s1. The molecule has 9 heteroatoms. The highest BCUT2D eigenvalue weighted by Crippen LogP contribution is 2.13. The first-order chi connectivity index (χ1) is 18.7. The van der Waals surface area contributed by atoms with Crippen molar-refractivity contribution in [2.24, 2.45) is 5.73 Å². The van der Waals surface area contributed by atoms with E-state index in [-0.39, 0.29) is 31.8 Å². The highest BCUT2D eigenvalue weighted by atomic mass is 19.1. The van der Waals surface area contributed by atoms with E-state index < -0.39 is 29.7 Å². The first-order valence-electron chi connectivity index (χ1n) is 12.8. The molecular formula is C30H35F2N3O4. The Morgan fingerprint density at radius 1 is 0.923 bits per heavy atom. The fraction of sp³-hybridized carbons (Fsp3) is 0.333. The lowest BCUT2D eigenvalue weighted by Gasteiger charge is -2.25. The van der Waals surface area contributed by atoms with Crippen molar-refractivity contribution in [2.75, 3.05) is 20.2 Å². The Labute approximate surface area is 227 Å². The Morgan fingerprint density at radius 2 is 1.62 bits per heavy atom. The molecular weight excluding hydrogens is 504 g/mol. The molecule has 0 spiro atoms. The molecule has 0 saturated carbocycles. The smallest absolute Gasteiger partial charge is 0.325 e. The zero-order chi connectivity index (χ0) is 28.2. The number of hydrogen-bond donors (Lipinski definition) is 3. The van der Waals surface area contributed by atoms with E-state index in [0.717, 1.165) is 23.6 Å². The number of hydrogen-bond acceptors (Lipinski definition) is 6. The summed E-state index contributed by atoms with van der Waals surface area (Å²) in [6.07, 6.45) is 0.275. The fourth-order valence-electron chi connectivity index (χ4n) is 4.10. The molecule has 1 amide bonds. The first-order valence-corrected chi connectivity index (χ1v) is 12.8. The minimum Gasteiger partial charge on any atom is -0.497 e. The molecule has 0 fully saturated rings. The molecule has 0 aliphatic rings. The highest BCUT2D eigenvalue weighted by molar-refractivity contribution is 5.83. The highest BCUT2D eigenvalue weighted by Gasteiger charge is 2.23. The Bertz CT molecular complexity index is 1220. The summed E-state index contributed by atoms with van der Waals surface area (Å²) in [4.78, 5) is 24.9. The predicted octanol–water partition coefficient (Wildman–Crippen LogP) is 3.47. The van der Waals surface area contributed by atoms with Crippen molar-refractivity contribution in [1.82, 2.24) is 10.6 Å². The van der Waals surface area contributed by atoms with E-state index in [4.69, 9.17) is 15.2 Å². The van der Waals surface area contributed by atoms with Crippen LogP contribution >= 0.6 is 0 Å². The van der Waals surface area contributed by atoms with Crippen molar-refractivity contribution in [3.8, 4) is 5.75 Å². The van der Waals surface area contributed by atoms with Crippen LogP contribution in [-0.4, -0.2) is 44.2 Å². The normalized spacial score (nSPS) is 12.4. The first kappa shape index (κ1) is 29.7. The average Bonchev–Trinajstić information content (AvgIpc) is 2.91. The van der Waals surface area contributed by atoms with E-state index in [9.17, 15) is 18.4 Å². The van der Waals surface area contributed by atoms with Gasteiger partial charge in [0.15, 0.2) is 0 Å². The average molecular weight is 540 g/mol. The van der Waals surface area contributed by atoms with Gasteiger partial charge in [-0.25, -0.2) is 8.78 Å². The van der Waals surface area contributed by atoms with Crippen molar-refractivity contribution in [3.63, 3.8) is 0 Å². The van der Waals surface area contributed by atoms with Gasteiger partial charge in [-0.15, -0.1) is 0 Å². The van der Waals surface area contributed by atoms with Crippen LogP contribution in [0.5, 0.6) is 5.75 Å². The summed E-state index contributed by atoms with van der Waals surface area (Å²) in [5.74, 6) is -1.75. The maximum absolute atomic E-state index is 13.7. The molecule has 0 aliphatic carbocycles. The summed E-state index contributed by atoms with van der Waals surface area (Å²) in [5, 5.41) is 5.81. The number of amides is 1. The number of halogens is 2. The summed E-state index contributed by atoms with van der Waals surface area (Å²) in [6, 6.07) is 17.6. The van der Waals surface area contributed by atoms with Crippen LogP contribution in [-0.2, 0) is 40.1 Å². The van der Waals surface area contributed by atoms with Crippen LogP contribution in [0.4, 0.5) is 8.78 Å². The second kappa shape index (κ2) is 14.9. The molecule has 7 nitrogen and oxygen atoms in total. The quantitative estimate of drug-likeness (QED) is 0.271. The molecule has 0 radical (unpaired) electrons.